The normalized spacial score (nSPS) is 21.7. The molecular weight excluding hydrogens is 471 g/mol. The van der Waals surface area contributed by atoms with Crippen LogP contribution in [0.1, 0.15) is 37.3 Å². The Morgan fingerprint density at radius 2 is 1.97 bits per heavy atom. The minimum atomic E-state index is -0.897. The Kier molecular flexibility index (Phi) is 6.09. The van der Waals surface area contributed by atoms with Crippen molar-refractivity contribution >= 4 is 17.6 Å². The number of pyridine rings is 1. The molecule has 1 saturated heterocycles. The Hall–Kier alpha value is -3.99. The molecule has 0 spiro atoms. The summed E-state index contributed by atoms with van der Waals surface area (Å²) < 4.78 is 32.7. The summed E-state index contributed by atoms with van der Waals surface area (Å²) >= 11 is 0. The third kappa shape index (κ3) is 4.37. The van der Waals surface area contributed by atoms with Crippen molar-refractivity contribution in [2.24, 2.45) is 0 Å². The zero-order chi connectivity index (χ0) is 25.6. The van der Waals surface area contributed by atoms with Gasteiger partial charge in [-0.25, -0.2) is 14.2 Å². The zero-order valence-corrected chi connectivity index (χ0v) is 19.7. The molecule has 3 heterocycles. The van der Waals surface area contributed by atoms with E-state index in [-0.39, 0.29) is 42.2 Å². The van der Waals surface area contributed by atoms with Gasteiger partial charge in [-0.2, -0.15) is 0 Å². The summed E-state index contributed by atoms with van der Waals surface area (Å²) in [7, 11) is 1.67. The standard InChI is InChI=1S/C25H25FN4O6/c1-12-7-18(28-23(27)22(12)35-15-9-14(10-15)34-2)13-3-4-16(17(26)8-13)20-11-30(25(33)36-20)19-5-6-21(31)29-24(19)32/h3-4,7-8,11,14-15,19H,5-6,9-10H2,1-2H3,(H2,27,28)(H,29,31,32)/t14?,15?,19-/m0/s1. The van der Waals surface area contributed by atoms with Crippen LogP contribution in [-0.4, -0.2) is 40.7 Å². The monoisotopic (exact) mass is 496 g/mol. The molecule has 2 aliphatic rings. The number of hydrogen-bond donors (Lipinski definition) is 2. The Bertz CT molecular complexity index is 1380. The Balaban J connectivity index is 1.38. The molecule has 11 heteroatoms. The van der Waals surface area contributed by atoms with Crippen LogP contribution in [-0.2, 0) is 14.3 Å². The van der Waals surface area contributed by atoms with E-state index in [0.717, 1.165) is 23.0 Å². The van der Waals surface area contributed by atoms with E-state index in [1.807, 2.05) is 6.92 Å². The number of piperidine rings is 1. The van der Waals surface area contributed by atoms with Gasteiger partial charge in [0.15, 0.2) is 17.3 Å². The molecule has 5 rings (SSSR count). The van der Waals surface area contributed by atoms with E-state index in [2.05, 4.69) is 10.3 Å². The van der Waals surface area contributed by atoms with Crippen molar-refractivity contribution in [2.75, 3.05) is 12.8 Å². The highest BCUT2D eigenvalue weighted by molar-refractivity contribution is 5.99. The topological polar surface area (TPSA) is 139 Å². The van der Waals surface area contributed by atoms with Gasteiger partial charge in [-0.1, -0.05) is 6.07 Å². The number of aromatic nitrogens is 2. The Labute approximate surface area is 205 Å². The summed E-state index contributed by atoms with van der Waals surface area (Å²) in [6, 6.07) is 5.25. The molecule has 1 atom stereocenters. The number of amides is 2. The van der Waals surface area contributed by atoms with Crippen LogP contribution in [0.5, 0.6) is 5.75 Å². The van der Waals surface area contributed by atoms with Crippen molar-refractivity contribution in [1.29, 1.82) is 0 Å². The van der Waals surface area contributed by atoms with Gasteiger partial charge >= 0.3 is 5.76 Å². The molecule has 3 N–H and O–H groups in total. The maximum absolute atomic E-state index is 15.1. The smallest absolute Gasteiger partial charge is 0.420 e. The first-order chi connectivity index (χ1) is 17.2. The number of benzene rings is 1. The second kappa shape index (κ2) is 9.23. The van der Waals surface area contributed by atoms with Gasteiger partial charge in [-0.15, -0.1) is 0 Å². The zero-order valence-electron chi connectivity index (χ0n) is 19.7. The molecule has 2 fully saturated rings. The average Bonchev–Trinajstić information content (AvgIpc) is 3.18. The number of nitrogens with one attached hydrogen (secondary N) is 1. The number of anilines is 1. The number of oxazole rings is 1. The number of carbonyl (C=O) groups excluding carboxylic acids is 2. The fraction of sp³-hybridized carbons (Fsp3) is 0.360. The highest BCUT2D eigenvalue weighted by Crippen LogP contribution is 2.35. The fourth-order valence-electron chi connectivity index (χ4n) is 4.48. The number of aryl methyl sites for hydroxylation is 1. The SMILES string of the molecule is COC1CC(Oc2c(C)cc(-c3ccc(-c4cn([C@H]5CCC(=O)NC5=O)c(=O)o4)c(F)c3)nc2N)C1. The lowest BCUT2D eigenvalue weighted by Crippen LogP contribution is -2.43. The van der Waals surface area contributed by atoms with E-state index < -0.39 is 29.4 Å². The molecule has 2 aromatic heterocycles. The van der Waals surface area contributed by atoms with Gasteiger partial charge in [-0.3, -0.25) is 19.5 Å². The van der Waals surface area contributed by atoms with Crippen molar-refractivity contribution < 1.29 is 27.9 Å². The lowest BCUT2D eigenvalue weighted by atomic mass is 9.92. The van der Waals surface area contributed by atoms with Gasteiger partial charge in [0.2, 0.25) is 11.8 Å². The summed E-state index contributed by atoms with van der Waals surface area (Å²) in [6.45, 7) is 1.85. The number of nitrogens with zero attached hydrogens (tertiary/aromatic N) is 2. The third-order valence-corrected chi connectivity index (χ3v) is 6.59. The number of halogens is 1. The quantitative estimate of drug-likeness (QED) is 0.497. The van der Waals surface area contributed by atoms with Crippen LogP contribution in [0.2, 0.25) is 0 Å². The van der Waals surface area contributed by atoms with Gasteiger partial charge in [0.25, 0.3) is 0 Å². The van der Waals surface area contributed by atoms with Crippen molar-refractivity contribution in [3.8, 4) is 28.3 Å². The number of nitrogen functional groups attached to an aromatic ring is 1. The van der Waals surface area contributed by atoms with Crippen molar-refractivity contribution in [3.05, 3.63) is 52.4 Å². The van der Waals surface area contributed by atoms with Crippen LogP contribution in [0.4, 0.5) is 10.2 Å². The van der Waals surface area contributed by atoms with E-state index >= 15 is 4.39 Å². The van der Waals surface area contributed by atoms with Crippen LogP contribution in [0.25, 0.3) is 22.6 Å². The summed E-state index contributed by atoms with van der Waals surface area (Å²) in [5, 5.41) is 2.19. The minimum absolute atomic E-state index is 0.0162. The summed E-state index contributed by atoms with van der Waals surface area (Å²) in [6.07, 6.45) is 3.31. The average molecular weight is 496 g/mol. The molecule has 0 bridgehead atoms. The van der Waals surface area contributed by atoms with Crippen LogP contribution < -0.4 is 21.5 Å². The molecule has 3 aromatic rings. The number of imide groups is 1. The molecule has 10 nitrogen and oxygen atoms in total. The number of ether oxygens (including phenoxy) is 2. The summed E-state index contributed by atoms with van der Waals surface area (Å²) in [5.41, 5.74) is 7.92. The van der Waals surface area contributed by atoms with Gasteiger partial charge in [0.1, 0.15) is 18.0 Å². The lowest BCUT2D eigenvalue weighted by Gasteiger charge is -2.34. The Morgan fingerprint density at radius 1 is 1.19 bits per heavy atom. The van der Waals surface area contributed by atoms with Crippen LogP contribution in [0.15, 0.2) is 39.7 Å². The first kappa shape index (κ1) is 23.7. The van der Waals surface area contributed by atoms with Crippen molar-refractivity contribution in [2.45, 2.75) is 50.9 Å². The second-order valence-corrected chi connectivity index (χ2v) is 9.04. The molecule has 36 heavy (non-hydrogen) atoms. The predicted octanol–water partition coefficient (Wildman–Crippen LogP) is 2.73. The summed E-state index contributed by atoms with van der Waals surface area (Å²) in [5.74, 6) is -1.77. The first-order valence-electron chi connectivity index (χ1n) is 11.6. The van der Waals surface area contributed by atoms with E-state index in [1.54, 1.807) is 19.2 Å². The molecule has 0 unspecified atom stereocenters. The number of rotatable bonds is 6. The largest absolute Gasteiger partial charge is 0.486 e. The van der Waals surface area contributed by atoms with Gasteiger partial charge in [0.05, 0.1) is 23.6 Å². The summed E-state index contributed by atoms with van der Waals surface area (Å²) in [4.78, 5) is 40.3. The molecule has 0 radical (unpaired) electrons. The van der Waals surface area contributed by atoms with Crippen molar-refractivity contribution in [3.63, 3.8) is 0 Å². The molecule has 1 aliphatic heterocycles. The molecule has 1 aromatic carbocycles. The number of hydrogen-bond acceptors (Lipinski definition) is 8. The van der Waals surface area contributed by atoms with Gasteiger partial charge < -0.3 is 19.6 Å². The molecule has 2 amide bonds. The number of nitrogens with two attached hydrogens (primary N) is 1. The molecule has 1 saturated carbocycles. The van der Waals surface area contributed by atoms with E-state index in [1.165, 1.54) is 18.3 Å². The number of methoxy groups -OCH3 is 1. The third-order valence-electron chi connectivity index (χ3n) is 6.59. The highest BCUT2D eigenvalue weighted by Gasteiger charge is 2.32. The van der Waals surface area contributed by atoms with Crippen LogP contribution in [0.3, 0.4) is 0 Å². The molecule has 1 aliphatic carbocycles. The highest BCUT2D eigenvalue weighted by atomic mass is 19.1. The minimum Gasteiger partial charge on any atom is -0.486 e. The molecule has 188 valence electrons. The van der Waals surface area contributed by atoms with Crippen molar-refractivity contribution in [1.82, 2.24) is 14.9 Å². The number of carbonyl (C=O) groups is 2. The van der Waals surface area contributed by atoms with Gasteiger partial charge in [-0.05, 0) is 37.1 Å². The first-order valence-corrected chi connectivity index (χ1v) is 11.6. The van der Waals surface area contributed by atoms with E-state index in [0.29, 0.717) is 17.0 Å². The maximum atomic E-state index is 15.1. The fourth-order valence-corrected chi connectivity index (χ4v) is 4.48. The van der Waals surface area contributed by atoms with Crippen LogP contribution in [0, 0.1) is 12.7 Å². The molecular formula is C25H25FN4O6. The van der Waals surface area contributed by atoms with Crippen LogP contribution >= 0.6 is 0 Å². The van der Waals surface area contributed by atoms with E-state index in [4.69, 9.17) is 19.6 Å². The lowest BCUT2D eigenvalue weighted by molar-refractivity contribution is -0.135. The van der Waals surface area contributed by atoms with E-state index in [9.17, 15) is 14.4 Å². The maximum Gasteiger partial charge on any atom is 0.420 e. The van der Waals surface area contributed by atoms with Gasteiger partial charge in [0, 0.05) is 31.9 Å². The Morgan fingerprint density at radius 3 is 2.64 bits per heavy atom. The predicted molar refractivity (Wildman–Crippen MR) is 127 cm³/mol. The second-order valence-electron chi connectivity index (χ2n) is 9.04.